The predicted octanol–water partition coefficient (Wildman–Crippen LogP) is 1.48. The molecule has 1 aliphatic heterocycles. The quantitative estimate of drug-likeness (QED) is 0.460. The zero-order chi connectivity index (χ0) is 25.0. The molecule has 1 amide bonds. The Hall–Kier alpha value is -2.40. The third-order valence-electron chi connectivity index (χ3n) is 6.15. The second-order valence-corrected chi connectivity index (χ2v) is 11.0. The van der Waals surface area contributed by atoms with Gasteiger partial charge in [-0.15, -0.1) is 0 Å². The molecule has 0 saturated carbocycles. The number of sulfone groups is 1. The number of hydrogen-bond donors (Lipinski definition) is 3. The van der Waals surface area contributed by atoms with E-state index in [0.717, 1.165) is 29.2 Å². The number of amides is 1. The van der Waals surface area contributed by atoms with E-state index in [0.29, 0.717) is 5.56 Å². The van der Waals surface area contributed by atoms with Crippen LogP contribution in [0.5, 0.6) is 0 Å². The molecule has 0 radical (unpaired) electrons. The highest BCUT2D eigenvalue weighted by molar-refractivity contribution is 7.90. The molecule has 0 aromatic heterocycles. The maximum atomic E-state index is 13.7. The largest absolute Gasteiger partial charge is 0.390 e. The maximum Gasteiger partial charge on any atom is 0.231 e. The predicted molar refractivity (Wildman–Crippen MR) is 126 cm³/mol. The molecule has 3 rings (SSSR count). The number of fused-ring (bicyclic) bond motifs is 1. The minimum atomic E-state index is -3.32. The van der Waals surface area contributed by atoms with Gasteiger partial charge in [0.25, 0.3) is 0 Å². The zero-order valence-corrected chi connectivity index (χ0v) is 20.1. The molecule has 2 aromatic carbocycles. The number of nitrogens with two attached hydrogens (primary N) is 1. The van der Waals surface area contributed by atoms with Crippen molar-refractivity contribution < 1.29 is 27.1 Å². The summed E-state index contributed by atoms with van der Waals surface area (Å²) >= 11 is 0. The van der Waals surface area contributed by atoms with Gasteiger partial charge < -0.3 is 16.2 Å². The summed E-state index contributed by atoms with van der Waals surface area (Å²) in [5.74, 6) is -2.22. The van der Waals surface area contributed by atoms with E-state index in [9.17, 15) is 27.1 Å². The summed E-state index contributed by atoms with van der Waals surface area (Å²) in [6.45, 7) is 1.85. The monoisotopic (exact) mass is 495 g/mol. The van der Waals surface area contributed by atoms with E-state index in [4.69, 9.17) is 5.73 Å². The third kappa shape index (κ3) is 6.82. The average Bonchev–Trinajstić information content (AvgIpc) is 2.73. The smallest absolute Gasteiger partial charge is 0.231 e. The van der Waals surface area contributed by atoms with Crippen LogP contribution in [0.3, 0.4) is 0 Å². The normalized spacial score (nSPS) is 18.9. The van der Waals surface area contributed by atoms with E-state index in [1.54, 1.807) is 7.05 Å². The van der Waals surface area contributed by atoms with Crippen molar-refractivity contribution in [1.29, 1.82) is 0 Å². The van der Waals surface area contributed by atoms with Crippen molar-refractivity contribution in [3.63, 3.8) is 0 Å². The summed E-state index contributed by atoms with van der Waals surface area (Å²) in [7, 11) is -1.74. The standard InChI is InChI=1S/C24H31F2N3O4S/c1-3-15-4-5-17-13-34(32,33)14-21(20(17)8-15)28-11-23(30)22(29(2)12-24(27)31)9-16-6-18(25)10-19(26)7-16/h4-8,10,21-23,28,30H,3,9,11-14H2,1-2H3,(H2,27,31)/t21-,22-,23+/m0/s1. The van der Waals surface area contributed by atoms with Crippen LogP contribution in [0.1, 0.15) is 35.2 Å². The number of aliphatic hydroxyl groups excluding tert-OH is 1. The van der Waals surface area contributed by atoms with Crippen molar-refractivity contribution in [2.45, 2.75) is 43.7 Å². The summed E-state index contributed by atoms with van der Waals surface area (Å²) in [5.41, 5.74) is 8.32. The summed E-state index contributed by atoms with van der Waals surface area (Å²) in [6, 6.07) is 7.62. The van der Waals surface area contributed by atoms with Crippen LogP contribution in [-0.4, -0.2) is 62.4 Å². The molecule has 1 aliphatic rings. The van der Waals surface area contributed by atoms with Crippen molar-refractivity contribution in [3.8, 4) is 0 Å². The Morgan fingerprint density at radius 1 is 1.21 bits per heavy atom. The molecule has 0 aliphatic carbocycles. The first-order valence-electron chi connectivity index (χ1n) is 11.1. The molecular formula is C24H31F2N3O4S. The van der Waals surface area contributed by atoms with E-state index in [2.05, 4.69) is 5.32 Å². The lowest BCUT2D eigenvalue weighted by atomic mass is 9.96. The first-order chi connectivity index (χ1) is 16.0. The van der Waals surface area contributed by atoms with Gasteiger partial charge >= 0.3 is 0 Å². The number of aliphatic hydroxyl groups is 1. The lowest BCUT2D eigenvalue weighted by Gasteiger charge is -2.33. The number of halogens is 2. The van der Waals surface area contributed by atoms with Crippen LogP contribution in [0.4, 0.5) is 8.78 Å². The molecule has 1 heterocycles. The summed E-state index contributed by atoms with van der Waals surface area (Å²) in [4.78, 5) is 13.0. The van der Waals surface area contributed by atoms with Gasteiger partial charge in [0.05, 0.1) is 24.2 Å². The third-order valence-corrected chi connectivity index (χ3v) is 7.74. The molecule has 0 unspecified atom stereocenters. The average molecular weight is 496 g/mol. The van der Waals surface area contributed by atoms with Crippen LogP contribution in [0.25, 0.3) is 0 Å². The van der Waals surface area contributed by atoms with Gasteiger partial charge in [0, 0.05) is 24.7 Å². The van der Waals surface area contributed by atoms with Crippen molar-refractivity contribution in [2.24, 2.45) is 5.73 Å². The lowest BCUT2D eigenvalue weighted by Crippen LogP contribution is -2.50. The van der Waals surface area contributed by atoms with Gasteiger partial charge in [-0.25, -0.2) is 17.2 Å². The van der Waals surface area contributed by atoms with Crippen LogP contribution in [0.2, 0.25) is 0 Å². The van der Waals surface area contributed by atoms with Gasteiger partial charge in [0.2, 0.25) is 5.91 Å². The second kappa shape index (κ2) is 10.9. The molecule has 3 atom stereocenters. The molecule has 10 heteroatoms. The summed E-state index contributed by atoms with van der Waals surface area (Å²) < 4.78 is 52.3. The van der Waals surface area contributed by atoms with Crippen LogP contribution >= 0.6 is 0 Å². The van der Waals surface area contributed by atoms with Crippen molar-refractivity contribution >= 4 is 15.7 Å². The van der Waals surface area contributed by atoms with E-state index in [-0.39, 0.29) is 31.0 Å². The Balaban J connectivity index is 1.81. The van der Waals surface area contributed by atoms with Gasteiger partial charge in [-0.3, -0.25) is 9.69 Å². The van der Waals surface area contributed by atoms with Crippen LogP contribution in [0, 0.1) is 11.6 Å². The number of likely N-dealkylation sites (N-methyl/N-ethyl adjacent to an activating group) is 1. The minimum absolute atomic E-state index is 0.00153. The minimum Gasteiger partial charge on any atom is -0.390 e. The van der Waals surface area contributed by atoms with Gasteiger partial charge in [-0.05, 0) is 54.3 Å². The SMILES string of the molecule is CCc1ccc2c(c1)[C@@H](NC[C@@H](O)[C@H](Cc1cc(F)cc(F)c1)N(C)CC(N)=O)CS(=O)(=O)C2. The van der Waals surface area contributed by atoms with Gasteiger partial charge in [0.1, 0.15) is 11.6 Å². The lowest BCUT2D eigenvalue weighted by molar-refractivity contribution is -0.119. The number of rotatable bonds is 10. The number of hydrogen-bond acceptors (Lipinski definition) is 6. The van der Waals surface area contributed by atoms with E-state index < -0.39 is 45.6 Å². The molecule has 34 heavy (non-hydrogen) atoms. The molecule has 7 nitrogen and oxygen atoms in total. The number of aryl methyl sites for hydroxylation is 1. The zero-order valence-electron chi connectivity index (χ0n) is 19.3. The number of carbonyl (C=O) groups is 1. The molecule has 0 spiro atoms. The van der Waals surface area contributed by atoms with Gasteiger partial charge in [-0.2, -0.15) is 0 Å². The highest BCUT2D eigenvalue weighted by atomic mass is 32.2. The number of carbonyl (C=O) groups excluding carboxylic acids is 1. The van der Waals surface area contributed by atoms with Gasteiger partial charge in [0.15, 0.2) is 9.84 Å². The van der Waals surface area contributed by atoms with Crippen molar-refractivity contribution in [2.75, 3.05) is 25.9 Å². The van der Waals surface area contributed by atoms with Gasteiger partial charge in [-0.1, -0.05) is 25.1 Å². The first-order valence-corrected chi connectivity index (χ1v) is 13.0. The summed E-state index contributed by atoms with van der Waals surface area (Å²) in [6.07, 6.45) is -0.224. The second-order valence-electron chi connectivity index (χ2n) is 8.90. The fourth-order valence-corrected chi connectivity index (χ4v) is 6.11. The Kier molecular flexibility index (Phi) is 8.40. The topological polar surface area (TPSA) is 113 Å². The Morgan fingerprint density at radius 3 is 2.50 bits per heavy atom. The van der Waals surface area contributed by atoms with Crippen molar-refractivity contribution in [1.82, 2.24) is 10.2 Å². The van der Waals surface area contributed by atoms with Crippen LogP contribution < -0.4 is 11.1 Å². The highest BCUT2D eigenvalue weighted by Gasteiger charge is 2.32. The molecule has 186 valence electrons. The number of primary amides is 1. The Morgan fingerprint density at radius 2 is 1.88 bits per heavy atom. The van der Waals surface area contributed by atoms with E-state index in [1.807, 2.05) is 25.1 Å². The fraction of sp³-hybridized carbons (Fsp3) is 0.458. The van der Waals surface area contributed by atoms with Crippen LogP contribution in [-0.2, 0) is 33.2 Å². The van der Waals surface area contributed by atoms with E-state index in [1.165, 1.54) is 17.0 Å². The molecule has 0 fully saturated rings. The Labute approximate surface area is 198 Å². The van der Waals surface area contributed by atoms with Crippen molar-refractivity contribution in [3.05, 3.63) is 70.3 Å². The van der Waals surface area contributed by atoms with Crippen LogP contribution in [0.15, 0.2) is 36.4 Å². The fourth-order valence-electron chi connectivity index (χ4n) is 4.45. The number of benzene rings is 2. The molecule has 0 bridgehead atoms. The molecule has 2 aromatic rings. The Bertz CT molecular complexity index is 1120. The first kappa shape index (κ1) is 26.2. The summed E-state index contributed by atoms with van der Waals surface area (Å²) in [5, 5.41) is 14.2. The number of nitrogens with zero attached hydrogens (tertiary/aromatic N) is 1. The molecule has 0 saturated heterocycles. The highest BCUT2D eigenvalue weighted by Crippen LogP contribution is 2.29. The number of nitrogens with one attached hydrogen (secondary N) is 1. The molecule has 4 N–H and O–H groups in total. The van der Waals surface area contributed by atoms with E-state index >= 15 is 0 Å². The molecular weight excluding hydrogens is 464 g/mol. The maximum absolute atomic E-state index is 13.7.